The number of quaternary nitrogens is 1. The van der Waals surface area contributed by atoms with Gasteiger partial charge in [0.15, 0.2) is 6.10 Å². The van der Waals surface area contributed by atoms with Crippen molar-refractivity contribution in [2.75, 3.05) is 47.5 Å². The molecular formula is C72H123NO8P+. The molecule has 0 aromatic rings. The van der Waals surface area contributed by atoms with Crippen molar-refractivity contribution in [3.63, 3.8) is 0 Å². The molecule has 2 atom stereocenters. The fourth-order valence-electron chi connectivity index (χ4n) is 8.63. The minimum absolute atomic E-state index is 0.0224. The van der Waals surface area contributed by atoms with E-state index in [2.05, 4.69) is 148 Å². The van der Waals surface area contributed by atoms with Crippen molar-refractivity contribution in [1.82, 2.24) is 0 Å². The molecule has 0 fully saturated rings. The van der Waals surface area contributed by atoms with Gasteiger partial charge in [-0.25, -0.2) is 4.57 Å². The van der Waals surface area contributed by atoms with Crippen LogP contribution in [-0.2, 0) is 32.7 Å². The lowest BCUT2D eigenvalue weighted by Crippen LogP contribution is -2.37. The number of esters is 2. The van der Waals surface area contributed by atoms with Gasteiger partial charge in [-0.1, -0.05) is 263 Å². The topological polar surface area (TPSA) is 108 Å². The Morgan fingerprint density at radius 1 is 0.390 bits per heavy atom. The van der Waals surface area contributed by atoms with Crippen LogP contribution in [0.25, 0.3) is 0 Å². The Morgan fingerprint density at radius 2 is 0.695 bits per heavy atom. The predicted octanol–water partition coefficient (Wildman–Crippen LogP) is 21.3. The van der Waals surface area contributed by atoms with E-state index in [1.807, 2.05) is 21.1 Å². The molecule has 0 bridgehead atoms. The number of allylic oxidation sites excluding steroid dienone is 22. The molecule has 10 heteroatoms. The zero-order valence-corrected chi connectivity index (χ0v) is 54.1. The molecule has 1 N–H and O–H groups in total. The monoisotopic (exact) mass is 1160 g/mol. The van der Waals surface area contributed by atoms with Gasteiger partial charge < -0.3 is 18.9 Å². The first kappa shape index (κ1) is 78.1. The molecule has 0 aliphatic rings. The highest BCUT2D eigenvalue weighted by atomic mass is 31.2. The molecule has 0 aliphatic heterocycles. The minimum atomic E-state index is -4.40. The Kier molecular flexibility index (Phi) is 58.8. The summed E-state index contributed by atoms with van der Waals surface area (Å²) >= 11 is 0. The minimum Gasteiger partial charge on any atom is -0.462 e. The second-order valence-electron chi connectivity index (χ2n) is 22.8. The maximum atomic E-state index is 12.9. The van der Waals surface area contributed by atoms with E-state index in [-0.39, 0.29) is 32.0 Å². The van der Waals surface area contributed by atoms with Gasteiger partial charge >= 0.3 is 19.8 Å². The first-order valence-electron chi connectivity index (χ1n) is 32.9. The molecule has 2 unspecified atom stereocenters. The maximum absolute atomic E-state index is 12.9. The second kappa shape index (κ2) is 61.7. The quantitative estimate of drug-likeness (QED) is 0.0211. The summed E-state index contributed by atoms with van der Waals surface area (Å²) in [5.74, 6) is -0.816. The van der Waals surface area contributed by atoms with E-state index in [9.17, 15) is 19.0 Å². The Balaban J connectivity index is 4.17. The molecule has 468 valence electrons. The van der Waals surface area contributed by atoms with Crippen LogP contribution in [0.15, 0.2) is 134 Å². The van der Waals surface area contributed by atoms with E-state index in [0.717, 1.165) is 109 Å². The largest absolute Gasteiger partial charge is 0.472 e. The number of ether oxygens (including phenoxy) is 2. The summed E-state index contributed by atoms with van der Waals surface area (Å²) in [6.45, 7) is 4.29. The van der Waals surface area contributed by atoms with Crippen LogP contribution >= 0.6 is 7.82 Å². The third-order valence-corrected chi connectivity index (χ3v) is 14.6. The molecule has 0 aliphatic carbocycles. The van der Waals surface area contributed by atoms with E-state index < -0.39 is 26.5 Å². The number of carbonyl (C=O) groups is 2. The van der Waals surface area contributed by atoms with Crippen molar-refractivity contribution >= 4 is 19.8 Å². The summed E-state index contributed by atoms with van der Waals surface area (Å²) < 4.78 is 34.7. The highest BCUT2D eigenvalue weighted by Crippen LogP contribution is 2.43. The van der Waals surface area contributed by atoms with Crippen LogP contribution in [0, 0.1) is 0 Å². The third kappa shape index (κ3) is 65.3. The molecular weight excluding hydrogens is 1040 g/mol. The van der Waals surface area contributed by atoms with Crippen LogP contribution < -0.4 is 0 Å². The SMILES string of the molecule is CC/C=C\C/C=C\C/C=C\C/C=C\C/C=C\C/C=C\C/C=C\C/C=C\CCCCCCCCCCC(=O)OC(COC(=O)CCCCCCCCCCCC/C=C\C/C=C\C/C=C\CCCCCCC)COP(=O)(O)OCC[N+](C)(C)C. The summed E-state index contributed by atoms with van der Waals surface area (Å²) in [5.41, 5.74) is 0. The Bertz CT molecular complexity index is 1850. The molecule has 0 heterocycles. The number of carbonyl (C=O) groups excluding carboxylic acids is 2. The van der Waals surface area contributed by atoms with Gasteiger partial charge in [0.25, 0.3) is 0 Å². The predicted molar refractivity (Wildman–Crippen MR) is 353 cm³/mol. The van der Waals surface area contributed by atoms with E-state index in [4.69, 9.17) is 18.5 Å². The van der Waals surface area contributed by atoms with Gasteiger partial charge in [0, 0.05) is 12.8 Å². The van der Waals surface area contributed by atoms with E-state index in [0.29, 0.717) is 17.4 Å². The molecule has 0 aromatic heterocycles. The lowest BCUT2D eigenvalue weighted by molar-refractivity contribution is -0.870. The van der Waals surface area contributed by atoms with Crippen LogP contribution in [0.5, 0.6) is 0 Å². The molecule has 9 nitrogen and oxygen atoms in total. The van der Waals surface area contributed by atoms with Crippen molar-refractivity contribution in [1.29, 1.82) is 0 Å². The molecule has 0 amide bonds. The van der Waals surface area contributed by atoms with Crippen molar-refractivity contribution in [2.45, 2.75) is 264 Å². The zero-order valence-electron chi connectivity index (χ0n) is 53.2. The van der Waals surface area contributed by atoms with Crippen LogP contribution in [0.2, 0.25) is 0 Å². The van der Waals surface area contributed by atoms with Crippen LogP contribution in [-0.4, -0.2) is 74.9 Å². The molecule has 82 heavy (non-hydrogen) atoms. The molecule has 0 saturated carbocycles. The number of unbranched alkanes of at least 4 members (excludes halogenated alkanes) is 23. The maximum Gasteiger partial charge on any atom is 0.472 e. The number of hydrogen-bond acceptors (Lipinski definition) is 7. The highest BCUT2D eigenvalue weighted by molar-refractivity contribution is 7.47. The molecule has 0 aromatic carbocycles. The Morgan fingerprint density at radius 3 is 1.04 bits per heavy atom. The average Bonchev–Trinajstić information content (AvgIpc) is 3.46. The van der Waals surface area contributed by atoms with Crippen LogP contribution in [0.4, 0.5) is 0 Å². The van der Waals surface area contributed by atoms with Gasteiger partial charge in [-0.2, -0.15) is 0 Å². The Labute approximate surface area is 504 Å². The number of nitrogens with zero attached hydrogens (tertiary/aromatic N) is 1. The molecule has 0 spiro atoms. The summed E-state index contributed by atoms with van der Waals surface area (Å²) in [6.07, 6.45) is 89.6. The number of hydrogen-bond donors (Lipinski definition) is 1. The summed E-state index contributed by atoms with van der Waals surface area (Å²) in [7, 11) is 1.45. The molecule has 0 saturated heterocycles. The molecule has 0 radical (unpaired) electrons. The van der Waals surface area contributed by atoms with E-state index >= 15 is 0 Å². The van der Waals surface area contributed by atoms with Gasteiger partial charge in [-0.05, 0) is 116 Å². The molecule has 0 rings (SSSR count). The van der Waals surface area contributed by atoms with Crippen molar-refractivity contribution < 1.29 is 42.1 Å². The highest BCUT2D eigenvalue weighted by Gasteiger charge is 2.27. The summed E-state index contributed by atoms with van der Waals surface area (Å²) in [5, 5.41) is 0. The van der Waals surface area contributed by atoms with Crippen LogP contribution in [0.3, 0.4) is 0 Å². The fourth-order valence-corrected chi connectivity index (χ4v) is 9.37. The number of phosphoric ester groups is 1. The van der Waals surface area contributed by atoms with Crippen molar-refractivity contribution in [2.24, 2.45) is 0 Å². The summed E-state index contributed by atoms with van der Waals surface area (Å²) in [4.78, 5) is 35.8. The average molecular weight is 1160 g/mol. The normalized spacial score (nSPS) is 14.1. The summed E-state index contributed by atoms with van der Waals surface area (Å²) in [6, 6.07) is 0. The smallest absolute Gasteiger partial charge is 0.462 e. The van der Waals surface area contributed by atoms with E-state index in [1.165, 1.54) is 116 Å². The van der Waals surface area contributed by atoms with Crippen molar-refractivity contribution in [3.05, 3.63) is 134 Å². The number of rotatable bonds is 59. The first-order valence-corrected chi connectivity index (χ1v) is 34.4. The lowest BCUT2D eigenvalue weighted by Gasteiger charge is -2.24. The van der Waals surface area contributed by atoms with Gasteiger partial charge in [-0.15, -0.1) is 0 Å². The number of phosphoric acid groups is 1. The van der Waals surface area contributed by atoms with Gasteiger partial charge in [0.05, 0.1) is 27.7 Å². The first-order chi connectivity index (χ1) is 40.0. The standard InChI is InChI=1S/C72H122NO8P/c1-6-8-10-12-14-16-18-20-22-24-26-28-30-32-33-34-35-36-37-38-39-41-43-45-47-49-51-53-55-57-59-61-63-65-72(75)81-70(69-80-82(76,77)79-67-66-73(3,4)5)68-78-71(74)64-62-60-58-56-54-52-50-48-46-44-42-40-31-29-27-25-23-21-19-17-15-13-11-9-7-2/h8,10,14,16,19-22,25-28,31-33,35-36,38-40,43,45,70H,6-7,9,11-13,15,17-18,23-24,29-30,34,37,41-42,44,46-69H2,1-5H3/p+1/b10-8-,16-14-,21-19-,22-20-,27-25-,28-26-,33-32-,36-35-,39-38-,40-31-,45-43-. The van der Waals surface area contributed by atoms with Gasteiger partial charge in [-0.3, -0.25) is 18.6 Å². The van der Waals surface area contributed by atoms with Crippen molar-refractivity contribution in [3.8, 4) is 0 Å². The third-order valence-electron chi connectivity index (χ3n) is 13.7. The van der Waals surface area contributed by atoms with E-state index in [1.54, 1.807) is 0 Å². The zero-order chi connectivity index (χ0) is 59.8. The Hall–Kier alpha value is -3.85. The van der Waals surface area contributed by atoms with Crippen LogP contribution in [0.1, 0.15) is 258 Å². The van der Waals surface area contributed by atoms with Gasteiger partial charge in [0.2, 0.25) is 0 Å². The number of likely N-dealkylation sites (N-methyl/N-ethyl adjacent to an activating group) is 1. The fraction of sp³-hybridized carbons (Fsp3) is 0.667. The van der Waals surface area contributed by atoms with Gasteiger partial charge in [0.1, 0.15) is 19.8 Å². The lowest BCUT2D eigenvalue weighted by atomic mass is 10.1. The second-order valence-corrected chi connectivity index (χ2v) is 24.2.